The van der Waals surface area contributed by atoms with Crippen molar-refractivity contribution in [3.63, 3.8) is 0 Å². The summed E-state index contributed by atoms with van der Waals surface area (Å²) in [7, 11) is -0.614. The molecular weight excluding hydrogens is 256 g/mol. The molecule has 1 aromatic carbocycles. The molecule has 1 aromatic rings. The van der Waals surface area contributed by atoms with Crippen LogP contribution in [0.15, 0.2) is 23.1 Å². The minimum atomic E-state index is -3.56. The van der Waals surface area contributed by atoms with E-state index in [1.54, 1.807) is 12.1 Å². The van der Waals surface area contributed by atoms with Crippen molar-refractivity contribution in [1.29, 1.82) is 0 Å². The molecule has 0 atom stereocenters. The van der Waals surface area contributed by atoms with Gasteiger partial charge < -0.3 is 14.8 Å². The minimum Gasteiger partial charge on any atom is -0.497 e. The summed E-state index contributed by atoms with van der Waals surface area (Å²) in [4.78, 5) is 0.123. The second kappa shape index (κ2) is 5.13. The molecule has 100 valence electrons. The van der Waals surface area contributed by atoms with Gasteiger partial charge in [-0.25, -0.2) is 13.1 Å². The quantitative estimate of drug-likeness (QED) is 0.786. The third-order valence-electron chi connectivity index (χ3n) is 2.76. The summed E-state index contributed by atoms with van der Waals surface area (Å²) in [5.74, 6) is 0.824. The topological polar surface area (TPSA) is 76.7 Å². The fourth-order valence-electron chi connectivity index (χ4n) is 1.65. The summed E-state index contributed by atoms with van der Waals surface area (Å²) in [6.45, 7) is 1.30. The van der Waals surface area contributed by atoms with Crippen LogP contribution in [0, 0.1) is 0 Å². The van der Waals surface area contributed by atoms with E-state index in [1.807, 2.05) is 0 Å². The minimum absolute atomic E-state index is 0.0539. The van der Waals surface area contributed by atoms with Crippen molar-refractivity contribution in [2.75, 3.05) is 27.3 Å². The molecule has 1 heterocycles. The predicted octanol–water partition coefficient (Wildman–Crippen LogP) is -0.0461. The Morgan fingerprint density at radius 1 is 1.28 bits per heavy atom. The second-order valence-corrected chi connectivity index (χ2v) is 5.68. The van der Waals surface area contributed by atoms with Gasteiger partial charge in [-0.15, -0.1) is 0 Å². The highest BCUT2D eigenvalue weighted by atomic mass is 32.2. The van der Waals surface area contributed by atoms with Crippen molar-refractivity contribution in [3.05, 3.63) is 18.2 Å². The van der Waals surface area contributed by atoms with Crippen LogP contribution in [-0.4, -0.2) is 41.8 Å². The maximum absolute atomic E-state index is 12.2. The van der Waals surface area contributed by atoms with Crippen LogP contribution in [0.25, 0.3) is 0 Å². The van der Waals surface area contributed by atoms with Gasteiger partial charge in [-0.2, -0.15) is 0 Å². The van der Waals surface area contributed by atoms with Crippen LogP contribution in [0.4, 0.5) is 0 Å². The number of nitrogens with one attached hydrogen (secondary N) is 2. The Balaban J connectivity index is 2.30. The lowest BCUT2D eigenvalue weighted by atomic mass is 10.2. The lowest BCUT2D eigenvalue weighted by Gasteiger charge is -2.27. The first-order chi connectivity index (χ1) is 8.56. The van der Waals surface area contributed by atoms with E-state index in [9.17, 15) is 8.42 Å². The highest BCUT2D eigenvalue weighted by Crippen LogP contribution is 2.28. The Morgan fingerprint density at radius 2 is 2.00 bits per heavy atom. The van der Waals surface area contributed by atoms with E-state index < -0.39 is 10.0 Å². The van der Waals surface area contributed by atoms with Gasteiger partial charge in [0.05, 0.1) is 14.2 Å². The van der Waals surface area contributed by atoms with Gasteiger partial charge in [0.25, 0.3) is 0 Å². The standard InChI is InChI=1S/C11H16N2O4S/c1-16-9-3-4-11(10(5-9)17-2)18(14,15)13-8-6-12-7-8/h3-5,8,12-13H,6-7H2,1-2H3. The number of hydrogen-bond donors (Lipinski definition) is 2. The molecule has 1 saturated heterocycles. The zero-order valence-electron chi connectivity index (χ0n) is 10.3. The molecule has 2 N–H and O–H groups in total. The summed E-state index contributed by atoms with van der Waals surface area (Å²) < 4.78 is 37.0. The normalized spacial score (nSPS) is 16.1. The maximum Gasteiger partial charge on any atom is 0.244 e. The Kier molecular flexibility index (Phi) is 3.74. The van der Waals surface area contributed by atoms with Gasteiger partial charge in [0.15, 0.2) is 0 Å². The van der Waals surface area contributed by atoms with Crippen LogP contribution < -0.4 is 19.5 Å². The molecule has 0 saturated carbocycles. The van der Waals surface area contributed by atoms with Gasteiger partial charge in [-0.3, -0.25) is 0 Å². The Hall–Kier alpha value is -1.31. The molecule has 0 amide bonds. The number of benzene rings is 1. The highest BCUT2D eigenvalue weighted by molar-refractivity contribution is 7.89. The van der Waals surface area contributed by atoms with Gasteiger partial charge >= 0.3 is 0 Å². The Bertz CT molecular complexity index is 526. The fraction of sp³-hybridized carbons (Fsp3) is 0.455. The van der Waals surface area contributed by atoms with Gasteiger partial charge in [0.1, 0.15) is 16.4 Å². The summed E-state index contributed by atoms with van der Waals surface area (Å²) in [5, 5.41) is 3.00. The van der Waals surface area contributed by atoms with Gasteiger partial charge in [0, 0.05) is 25.2 Å². The van der Waals surface area contributed by atoms with E-state index in [2.05, 4.69) is 10.0 Å². The van der Waals surface area contributed by atoms with Crippen LogP contribution in [0.1, 0.15) is 0 Å². The molecule has 1 aliphatic rings. The SMILES string of the molecule is COc1ccc(S(=O)(=O)NC2CNC2)c(OC)c1. The molecule has 2 rings (SSSR count). The number of methoxy groups -OCH3 is 2. The van der Waals surface area contributed by atoms with Crippen molar-refractivity contribution >= 4 is 10.0 Å². The zero-order chi connectivity index (χ0) is 13.2. The average molecular weight is 272 g/mol. The third-order valence-corrected chi connectivity index (χ3v) is 4.32. The Labute approximate surface area is 106 Å². The monoisotopic (exact) mass is 272 g/mol. The molecule has 1 aliphatic heterocycles. The van der Waals surface area contributed by atoms with Crippen molar-refractivity contribution < 1.29 is 17.9 Å². The van der Waals surface area contributed by atoms with Crippen LogP contribution in [-0.2, 0) is 10.0 Å². The van der Waals surface area contributed by atoms with E-state index >= 15 is 0 Å². The van der Waals surface area contributed by atoms with E-state index in [4.69, 9.17) is 9.47 Å². The number of ether oxygens (including phenoxy) is 2. The van der Waals surface area contributed by atoms with Crippen molar-refractivity contribution in [1.82, 2.24) is 10.0 Å². The third kappa shape index (κ3) is 2.58. The lowest BCUT2D eigenvalue weighted by Crippen LogP contribution is -2.56. The van der Waals surface area contributed by atoms with Crippen molar-refractivity contribution in [2.24, 2.45) is 0 Å². The lowest BCUT2D eigenvalue weighted by molar-refractivity contribution is 0.383. The molecule has 1 fully saturated rings. The molecule has 0 spiro atoms. The maximum atomic E-state index is 12.2. The van der Waals surface area contributed by atoms with Gasteiger partial charge in [-0.1, -0.05) is 0 Å². The number of rotatable bonds is 5. The summed E-state index contributed by atoms with van der Waals surface area (Å²) in [6.07, 6.45) is 0. The van der Waals surface area contributed by atoms with E-state index in [0.717, 1.165) is 0 Å². The molecule has 0 radical (unpaired) electrons. The molecule has 0 bridgehead atoms. The molecule has 18 heavy (non-hydrogen) atoms. The smallest absolute Gasteiger partial charge is 0.244 e. The summed E-state index contributed by atoms with van der Waals surface area (Å²) in [6, 6.07) is 4.57. The number of sulfonamides is 1. The Morgan fingerprint density at radius 3 is 2.50 bits per heavy atom. The van der Waals surface area contributed by atoms with Crippen LogP contribution >= 0.6 is 0 Å². The van der Waals surface area contributed by atoms with Crippen molar-refractivity contribution in [2.45, 2.75) is 10.9 Å². The average Bonchev–Trinajstić information content (AvgIpc) is 2.33. The zero-order valence-corrected chi connectivity index (χ0v) is 11.1. The van der Waals surface area contributed by atoms with Crippen LogP contribution in [0.3, 0.4) is 0 Å². The molecule has 0 unspecified atom stereocenters. The molecule has 0 aromatic heterocycles. The first kappa shape index (κ1) is 13.1. The molecular formula is C11H16N2O4S. The fourth-order valence-corrected chi connectivity index (χ4v) is 3.04. The van der Waals surface area contributed by atoms with E-state index in [0.29, 0.717) is 18.8 Å². The molecule has 7 heteroatoms. The van der Waals surface area contributed by atoms with Crippen LogP contribution in [0.5, 0.6) is 11.5 Å². The molecule has 0 aliphatic carbocycles. The largest absolute Gasteiger partial charge is 0.497 e. The molecule has 6 nitrogen and oxygen atoms in total. The number of hydrogen-bond acceptors (Lipinski definition) is 5. The summed E-state index contributed by atoms with van der Waals surface area (Å²) >= 11 is 0. The first-order valence-electron chi connectivity index (χ1n) is 5.52. The predicted molar refractivity (Wildman–Crippen MR) is 66.5 cm³/mol. The van der Waals surface area contributed by atoms with Crippen LogP contribution in [0.2, 0.25) is 0 Å². The van der Waals surface area contributed by atoms with Gasteiger partial charge in [0.2, 0.25) is 10.0 Å². The second-order valence-electron chi connectivity index (χ2n) is 3.99. The van der Waals surface area contributed by atoms with E-state index in [-0.39, 0.29) is 16.7 Å². The summed E-state index contributed by atoms with van der Waals surface area (Å²) in [5.41, 5.74) is 0. The first-order valence-corrected chi connectivity index (χ1v) is 7.00. The van der Waals surface area contributed by atoms with E-state index in [1.165, 1.54) is 20.3 Å². The van der Waals surface area contributed by atoms with Crippen molar-refractivity contribution in [3.8, 4) is 11.5 Å². The van der Waals surface area contributed by atoms with Gasteiger partial charge in [-0.05, 0) is 12.1 Å². The highest BCUT2D eigenvalue weighted by Gasteiger charge is 2.26.